The summed E-state index contributed by atoms with van der Waals surface area (Å²) in [5.74, 6) is 1.00. The lowest BCUT2D eigenvalue weighted by Gasteiger charge is -2.38. The summed E-state index contributed by atoms with van der Waals surface area (Å²) < 4.78 is 32.8. The Hall–Kier alpha value is -3.96. The van der Waals surface area contributed by atoms with E-state index in [2.05, 4.69) is 48.6 Å². The second kappa shape index (κ2) is 12.0. The molecule has 2 aliphatic rings. The Kier molecular flexibility index (Phi) is 8.35. The fourth-order valence-corrected chi connectivity index (χ4v) is 9.39. The van der Waals surface area contributed by atoms with Crippen LogP contribution in [-0.4, -0.2) is 50.4 Å². The van der Waals surface area contributed by atoms with Crippen molar-refractivity contribution < 1.29 is 13.2 Å². The average Bonchev–Trinajstić information content (AvgIpc) is 3.61. The lowest BCUT2D eigenvalue weighted by Crippen LogP contribution is -2.47. The number of fused-ring (bicyclic) bond motifs is 2. The molecule has 2 saturated heterocycles. The first kappa shape index (κ1) is 32.0. The maximum Gasteiger partial charge on any atom is 0.324 e. The van der Waals surface area contributed by atoms with Gasteiger partial charge >= 0.3 is 6.03 Å². The highest BCUT2D eigenvalue weighted by atomic mass is 32.2. The number of hydrogen-bond donors (Lipinski definition) is 2. The van der Waals surface area contributed by atoms with E-state index in [1.165, 1.54) is 5.56 Å². The Morgan fingerprint density at radius 2 is 1.54 bits per heavy atom. The number of rotatable bonds is 7. The molecule has 4 aromatic rings. The second-order valence-corrected chi connectivity index (χ2v) is 15.9. The molecule has 2 bridgehead atoms. The predicted octanol–water partition coefficient (Wildman–Crippen LogP) is 6.65. The average molecular weight is 644 g/mol. The van der Waals surface area contributed by atoms with E-state index < -0.39 is 10.0 Å². The molecule has 2 amide bonds. The van der Waals surface area contributed by atoms with Crippen LogP contribution in [0.15, 0.2) is 59.5 Å². The summed E-state index contributed by atoms with van der Waals surface area (Å²) in [7, 11) is -1.81. The highest BCUT2D eigenvalue weighted by Crippen LogP contribution is 2.44. The van der Waals surface area contributed by atoms with Crippen LogP contribution in [0.3, 0.4) is 0 Å². The van der Waals surface area contributed by atoms with E-state index in [1.54, 1.807) is 27.6 Å². The van der Waals surface area contributed by atoms with Gasteiger partial charge in [-0.05, 0) is 88.6 Å². The van der Waals surface area contributed by atoms with Crippen molar-refractivity contribution in [1.29, 1.82) is 0 Å². The lowest BCUT2D eigenvalue weighted by atomic mass is 9.87. The van der Waals surface area contributed by atoms with Crippen LogP contribution in [0.2, 0.25) is 0 Å². The molecule has 4 heterocycles. The lowest BCUT2D eigenvalue weighted by molar-refractivity contribution is 0.190. The third kappa shape index (κ3) is 6.22. The summed E-state index contributed by atoms with van der Waals surface area (Å²) in [5.41, 5.74) is 5.86. The smallest absolute Gasteiger partial charge is 0.308 e. The van der Waals surface area contributed by atoms with Crippen molar-refractivity contribution in [2.45, 2.75) is 96.0 Å². The third-order valence-corrected chi connectivity index (χ3v) is 11.7. The molecule has 11 heteroatoms. The Morgan fingerprint density at radius 3 is 2.11 bits per heavy atom. The topological polar surface area (TPSA) is 114 Å². The van der Waals surface area contributed by atoms with Crippen molar-refractivity contribution in [2.75, 3.05) is 10.6 Å². The molecule has 10 nitrogen and oxygen atoms in total. The molecule has 0 spiro atoms. The zero-order chi connectivity index (χ0) is 33.0. The van der Waals surface area contributed by atoms with E-state index in [9.17, 15) is 13.2 Å². The zero-order valence-corrected chi connectivity index (χ0v) is 28.6. The van der Waals surface area contributed by atoms with Gasteiger partial charge in [-0.25, -0.2) is 17.9 Å². The fourth-order valence-electron chi connectivity index (χ4n) is 7.09. The number of carbonyl (C=O) groups excluding carboxylic acids is 1. The van der Waals surface area contributed by atoms with Crippen molar-refractivity contribution in [3.8, 4) is 5.69 Å². The van der Waals surface area contributed by atoms with E-state index in [1.807, 2.05) is 56.3 Å². The maximum atomic E-state index is 13.8. The Balaban J connectivity index is 1.09. The number of nitrogens with one attached hydrogen (secondary N) is 2. The third-order valence-electron chi connectivity index (χ3n) is 9.48. The molecule has 2 N–H and O–H groups in total. The van der Waals surface area contributed by atoms with Crippen molar-refractivity contribution in [2.24, 2.45) is 13.0 Å². The van der Waals surface area contributed by atoms with Gasteiger partial charge in [0.1, 0.15) is 10.7 Å². The molecule has 0 saturated carbocycles. The molecule has 0 aliphatic carbocycles. The van der Waals surface area contributed by atoms with Gasteiger partial charge in [0, 0.05) is 36.3 Å². The van der Waals surface area contributed by atoms with Gasteiger partial charge in [0.25, 0.3) is 0 Å². The van der Waals surface area contributed by atoms with E-state index in [0.29, 0.717) is 33.7 Å². The molecule has 6 rings (SSSR count). The van der Waals surface area contributed by atoms with Gasteiger partial charge in [0.2, 0.25) is 10.0 Å². The standard InChI is InChI=1S/C35H45N7O3S/c1-22-8-14-28(15-9-22)41-32(21-31(39-41)35(4,5)6)37-34(43)36-27-12-10-25(11-13-27)18-26-19-29-16-17-30(20-26)42(29)46(44,45)33-23(2)38-40(7)24(33)3/h8-15,21,26,29-30H,16-20H2,1-7H3,(H2,36,37,43). The highest BCUT2D eigenvalue weighted by Gasteiger charge is 2.48. The van der Waals surface area contributed by atoms with E-state index >= 15 is 0 Å². The van der Waals surface area contributed by atoms with Gasteiger partial charge in [-0.3, -0.25) is 10.00 Å². The molecule has 2 unspecified atom stereocenters. The Bertz CT molecular complexity index is 1840. The summed E-state index contributed by atoms with van der Waals surface area (Å²) in [6.45, 7) is 11.9. The molecular weight excluding hydrogens is 598 g/mol. The van der Waals surface area contributed by atoms with Crippen LogP contribution in [0.5, 0.6) is 0 Å². The first-order valence-corrected chi connectivity index (χ1v) is 17.5. The minimum absolute atomic E-state index is 0.0181. The van der Waals surface area contributed by atoms with Crippen molar-refractivity contribution in [3.05, 3.63) is 82.8 Å². The van der Waals surface area contributed by atoms with Crippen molar-refractivity contribution in [3.63, 3.8) is 0 Å². The van der Waals surface area contributed by atoms with Gasteiger partial charge in [0.15, 0.2) is 0 Å². The number of urea groups is 1. The summed E-state index contributed by atoms with van der Waals surface area (Å²) in [6, 6.07) is 17.6. The normalized spacial score (nSPS) is 20.2. The van der Waals surface area contributed by atoms with Gasteiger partial charge in [-0.1, -0.05) is 50.6 Å². The molecule has 244 valence electrons. The molecule has 46 heavy (non-hydrogen) atoms. The molecule has 2 aliphatic heterocycles. The number of nitrogens with zero attached hydrogens (tertiary/aromatic N) is 5. The summed E-state index contributed by atoms with van der Waals surface area (Å²) >= 11 is 0. The molecule has 2 atom stereocenters. The quantitative estimate of drug-likeness (QED) is 0.234. The number of amides is 2. The number of benzene rings is 2. The second-order valence-electron chi connectivity index (χ2n) is 14.1. The van der Waals surface area contributed by atoms with Crippen molar-refractivity contribution >= 4 is 27.6 Å². The predicted molar refractivity (Wildman–Crippen MR) is 181 cm³/mol. The van der Waals surface area contributed by atoms with Crippen LogP contribution in [0.25, 0.3) is 5.69 Å². The van der Waals surface area contributed by atoms with Crippen LogP contribution in [0, 0.1) is 26.7 Å². The Labute approximate surface area is 272 Å². The van der Waals surface area contributed by atoms with E-state index in [-0.39, 0.29) is 23.5 Å². The number of carbonyl (C=O) groups is 1. The Morgan fingerprint density at radius 1 is 0.913 bits per heavy atom. The first-order valence-electron chi connectivity index (χ1n) is 16.1. The van der Waals surface area contributed by atoms with Gasteiger partial charge in [0.05, 0.1) is 22.8 Å². The number of sulfonamides is 1. The first-order chi connectivity index (χ1) is 21.7. The van der Waals surface area contributed by atoms with E-state index in [0.717, 1.165) is 49.0 Å². The van der Waals surface area contributed by atoms with Crippen LogP contribution in [-0.2, 0) is 28.9 Å². The van der Waals surface area contributed by atoms with Crippen LogP contribution in [0.4, 0.5) is 16.3 Å². The number of aromatic nitrogens is 4. The number of aryl methyl sites for hydroxylation is 3. The summed E-state index contributed by atoms with van der Waals surface area (Å²) in [6.07, 6.45) is 4.38. The fraction of sp³-hybridized carbons (Fsp3) is 0.457. The number of piperidine rings is 1. The minimum atomic E-state index is -3.60. The van der Waals surface area contributed by atoms with Crippen LogP contribution < -0.4 is 10.6 Å². The van der Waals surface area contributed by atoms with E-state index in [4.69, 9.17) is 5.10 Å². The molecule has 0 radical (unpaired) electrons. The minimum Gasteiger partial charge on any atom is -0.308 e. The molecule has 2 aromatic carbocycles. The molecule has 2 aromatic heterocycles. The summed E-state index contributed by atoms with van der Waals surface area (Å²) in [5, 5.41) is 15.1. The summed E-state index contributed by atoms with van der Waals surface area (Å²) in [4.78, 5) is 13.5. The van der Waals surface area contributed by atoms with Crippen LogP contribution >= 0.6 is 0 Å². The van der Waals surface area contributed by atoms with Gasteiger partial charge < -0.3 is 5.32 Å². The van der Waals surface area contributed by atoms with Gasteiger partial charge in [-0.15, -0.1) is 0 Å². The van der Waals surface area contributed by atoms with Gasteiger partial charge in [-0.2, -0.15) is 14.5 Å². The van der Waals surface area contributed by atoms with Crippen LogP contribution in [0.1, 0.15) is 74.7 Å². The highest BCUT2D eigenvalue weighted by molar-refractivity contribution is 7.89. The maximum absolute atomic E-state index is 13.8. The monoisotopic (exact) mass is 643 g/mol. The van der Waals surface area contributed by atoms with Crippen molar-refractivity contribution in [1.82, 2.24) is 23.9 Å². The zero-order valence-electron chi connectivity index (χ0n) is 27.8. The molecule has 2 fully saturated rings. The number of anilines is 2. The number of hydrogen-bond acceptors (Lipinski definition) is 5. The molecular formula is C35H45N7O3S. The SMILES string of the molecule is Cc1ccc(-n2nc(C(C)(C)C)cc2NC(=O)Nc2ccc(CC3CC4CCC(C3)N4S(=O)(=O)c3c(C)nn(C)c3C)cc2)cc1. The largest absolute Gasteiger partial charge is 0.324 e.